The van der Waals surface area contributed by atoms with Crippen LogP contribution in [0.1, 0.15) is 5.56 Å². The molecule has 0 atom stereocenters. The van der Waals surface area contributed by atoms with Gasteiger partial charge in [0.2, 0.25) is 0 Å². The third-order valence-corrected chi connectivity index (χ3v) is 3.56. The molecule has 0 aromatic heterocycles. The zero-order valence-electron chi connectivity index (χ0n) is 8.71. The number of nitrogens with zero attached hydrogens (tertiary/aromatic N) is 1. The van der Waals surface area contributed by atoms with Gasteiger partial charge in [-0.15, -0.1) is 4.40 Å². The molecule has 0 radical (unpaired) electrons. The molecule has 0 spiro atoms. The molecule has 1 heterocycles. The monoisotopic (exact) mass is 247 g/mol. The molecule has 0 aliphatic carbocycles. The average molecular weight is 247 g/mol. The van der Waals surface area contributed by atoms with E-state index in [0.29, 0.717) is 11.3 Å². The van der Waals surface area contributed by atoms with Crippen molar-refractivity contribution in [1.82, 2.24) is 0 Å². The first-order valence-electron chi connectivity index (χ1n) is 4.97. The molecule has 5 nitrogen and oxygen atoms in total. The number of benzene rings is 2. The van der Waals surface area contributed by atoms with Crippen LogP contribution in [0.25, 0.3) is 10.8 Å². The number of hydrogen-bond donors (Lipinski definition) is 2. The Bertz CT molecular complexity index is 750. The predicted molar refractivity (Wildman–Crippen MR) is 67.2 cm³/mol. The van der Waals surface area contributed by atoms with Gasteiger partial charge in [0.25, 0.3) is 0 Å². The second kappa shape index (κ2) is 3.21. The first-order chi connectivity index (χ1) is 8.07. The fourth-order valence-corrected chi connectivity index (χ4v) is 2.81. The van der Waals surface area contributed by atoms with E-state index in [9.17, 15) is 8.42 Å². The molecular weight excluding hydrogens is 238 g/mol. The van der Waals surface area contributed by atoms with Gasteiger partial charge in [-0.2, -0.15) is 8.42 Å². The zero-order chi connectivity index (χ0) is 12.0. The van der Waals surface area contributed by atoms with Crippen molar-refractivity contribution in [3.05, 3.63) is 42.0 Å². The summed E-state index contributed by atoms with van der Waals surface area (Å²) in [6.07, 6.45) is 0. The number of fused-ring (bicyclic) bond motifs is 3. The summed E-state index contributed by atoms with van der Waals surface area (Å²) in [5.74, 6) is 0.0237. The van der Waals surface area contributed by atoms with Gasteiger partial charge in [0, 0.05) is 5.56 Å². The Kier molecular flexibility index (Phi) is 1.90. The molecule has 0 fully saturated rings. The van der Waals surface area contributed by atoms with Crippen LogP contribution in [-0.2, 0) is 10.2 Å². The molecule has 6 heteroatoms. The molecule has 3 rings (SSSR count). The van der Waals surface area contributed by atoms with Crippen LogP contribution < -0.4 is 10.5 Å². The number of amidine groups is 1. The normalized spacial score (nSPS) is 17.1. The van der Waals surface area contributed by atoms with Crippen LogP contribution in [0.4, 0.5) is 5.69 Å². The van der Waals surface area contributed by atoms with Gasteiger partial charge in [0.05, 0.1) is 5.69 Å². The number of anilines is 1. The van der Waals surface area contributed by atoms with E-state index in [1.165, 1.54) is 0 Å². The maximum absolute atomic E-state index is 11.4. The van der Waals surface area contributed by atoms with Gasteiger partial charge >= 0.3 is 10.2 Å². The van der Waals surface area contributed by atoms with Gasteiger partial charge in [0.15, 0.2) is 0 Å². The highest BCUT2D eigenvalue weighted by molar-refractivity contribution is 7.91. The summed E-state index contributed by atoms with van der Waals surface area (Å²) in [6, 6.07) is 11.1. The van der Waals surface area contributed by atoms with E-state index >= 15 is 0 Å². The summed E-state index contributed by atoms with van der Waals surface area (Å²) in [7, 11) is -3.70. The Labute approximate surface area is 98.2 Å². The van der Waals surface area contributed by atoms with Crippen LogP contribution in [0.5, 0.6) is 0 Å². The second-order valence-corrected chi connectivity index (χ2v) is 5.10. The van der Waals surface area contributed by atoms with E-state index in [1.807, 2.05) is 30.3 Å². The maximum Gasteiger partial charge on any atom is 0.344 e. The molecule has 0 bridgehead atoms. The number of nitrogens with two attached hydrogens (primary N) is 1. The van der Waals surface area contributed by atoms with Crippen LogP contribution in [-0.4, -0.2) is 14.3 Å². The highest BCUT2D eigenvalue weighted by atomic mass is 32.2. The SMILES string of the molecule is NC1=NS(=O)(=O)Nc2ccc3ccccc3c21. The van der Waals surface area contributed by atoms with E-state index in [0.717, 1.165) is 10.8 Å². The van der Waals surface area contributed by atoms with E-state index < -0.39 is 10.2 Å². The fourth-order valence-electron chi connectivity index (χ4n) is 1.97. The van der Waals surface area contributed by atoms with E-state index in [2.05, 4.69) is 9.12 Å². The van der Waals surface area contributed by atoms with Gasteiger partial charge in [-0.25, -0.2) is 0 Å². The zero-order valence-corrected chi connectivity index (χ0v) is 9.53. The highest BCUT2D eigenvalue weighted by Crippen LogP contribution is 2.29. The lowest BCUT2D eigenvalue weighted by Crippen LogP contribution is -2.26. The molecule has 2 aromatic rings. The minimum absolute atomic E-state index is 0.0237. The van der Waals surface area contributed by atoms with Crippen LogP contribution >= 0.6 is 0 Å². The quantitative estimate of drug-likeness (QED) is 0.734. The fraction of sp³-hybridized carbons (Fsp3) is 0. The summed E-state index contributed by atoms with van der Waals surface area (Å²) in [4.78, 5) is 0. The molecule has 0 unspecified atom stereocenters. The average Bonchev–Trinajstić information content (AvgIpc) is 2.26. The van der Waals surface area contributed by atoms with Gasteiger partial charge in [0.1, 0.15) is 5.84 Å². The summed E-state index contributed by atoms with van der Waals surface area (Å²) >= 11 is 0. The maximum atomic E-state index is 11.4. The van der Waals surface area contributed by atoms with Crippen molar-refractivity contribution < 1.29 is 8.42 Å². The summed E-state index contributed by atoms with van der Waals surface area (Å²) in [6.45, 7) is 0. The van der Waals surface area contributed by atoms with Crippen molar-refractivity contribution in [2.45, 2.75) is 0 Å². The predicted octanol–water partition coefficient (Wildman–Crippen LogP) is 1.22. The highest BCUT2D eigenvalue weighted by Gasteiger charge is 2.22. The van der Waals surface area contributed by atoms with Crippen molar-refractivity contribution in [3.63, 3.8) is 0 Å². The first kappa shape index (κ1) is 10.1. The van der Waals surface area contributed by atoms with Crippen LogP contribution in [0.15, 0.2) is 40.8 Å². The Balaban J connectivity index is 2.43. The van der Waals surface area contributed by atoms with E-state index in [4.69, 9.17) is 5.73 Å². The lowest BCUT2D eigenvalue weighted by molar-refractivity contribution is 0.602. The molecular formula is C11H9N3O2S. The van der Waals surface area contributed by atoms with Gasteiger partial charge in [-0.1, -0.05) is 30.3 Å². The van der Waals surface area contributed by atoms with Crippen molar-refractivity contribution in [2.24, 2.45) is 10.1 Å². The summed E-state index contributed by atoms with van der Waals surface area (Å²) in [5.41, 5.74) is 6.82. The molecule has 1 aliphatic heterocycles. The standard InChI is InChI=1S/C11H9N3O2S/c12-11-10-8-4-2-1-3-7(8)5-6-9(10)13-17(15,16)14-11/h1-6,13H,(H2,12,14). The van der Waals surface area contributed by atoms with Crippen molar-refractivity contribution >= 4 is 32.5 Å². The molecule has 1 aliphatic rings. The second-order valence-electron chi connectivity index (χ2n) is 3.76. The molecule has 0 saturated heterocycles. The van der Waals surface area contributed by atoms with E-state index in [1.54, 1.807) is 6.07 Å². The Hall–Kier alpha value is -2.08. The largest absolute Gasteiger partial charge is 0.382 e. The minimum atomic E-state index is -3.70. The molecule has 2 aromatic carbocycles. The van der Waals surface area contributed by atoms with Crippen LogP contribution in [0.2, 0.25) is 0 Å². The molecule has 3 N–H and O–H groups in total. The minimum Gasteiger partial charge on any atom is -0.382 e. The summed E-state index contributed by atoms with van der Waals surface area (Å²) in [5, 5.41) is 1.87. The third kappa shape index (κ3) is 1.53. The number of nitrogens with one attached hydrogen (secondary N) is 1. The molecule has 17 heavy (non-hydrogen) atoms. The first-order valence-corrected chi connectivity index (χ1v) is 6.41. The number of rotatable bonds is 0. The molecule has 86 valence electrons. The lowest BCUT2D eigenvalue weighted by atomic mass is 10.0. The van der Waals surface area contributed by atoms with Gasteiger partial charge in [-0.3, -0.25) is 4.72 Å². The van der Waals surface area contributed by atoms with Crippen molar-refractivity contribution in [1.29, 1.82) is 0 Å². The third-order valence-electron chi connectivity index (χ3n) is 2.64. The molecule has 0 saturated carbocycles. The summed E-state index contributed by atoms with van der Waals surface area (Å²) < 4.78 is 28.6. The lowest BCUT2D eigenvalue weighted by Gasteiger charge is -2.17. The Morgan fingerprint density at radius 2 is 1.88 bits per heavy atom. The van der Waals surface area contributed by atoms with Gasteiger partial charge < -0.3 is 5.73 Å². The topological polar surface area (TPSA) is 84.5 Å². The van der Waals surface area contributed by atoms with Crippen molar-refractivity contribution in [2.75, 3.05) is 4.72 Å². The smallest absolute Gasteiger partial charge is 0.344 e. The van der Waals surface area contributed by atoms with E-state index in [-0.39, 0.29) is 5.84 Å². The Morgan fingerprint density at radius 3 is 2.71 bits per heavy atom. The van der Waals surface area contributed by atoms with Crippen LogP contribution in [0, 0.1) is 0 Å². The Morgan fingerprint density at radius 1 is 1.12 bits per heavy atom. The van der Waals surface area contributed by atoms with Crippen LogP contribution in [0.3, 0.4) is 0 Å². The number of hydrogen-bond acceptors (Lipinski definition) is 3. The van der Waals surface area contributed by atoms with Crippen molar-refractivity contribution in [3.8, 4) is 0 Å². The molecule has 0 amide bonds. The van der Waals surface area contributed by atoms with Gasteiger partial charge in [-0.05, 0) is 16.8 Å².